The molecule has 1 heteroatoms. The third-order valence-corrected chi connectivity index (χ3v) is 8.65. The molecular weight excluding hydrogens is 280 g/mol. The molecule has 2 saturated carbocycles. The van der Waals surface area contributed by atoms with E-state index in [0.717, 1.165) is 30.1 Å². The monoisotopic (exact) mass is 312 g/mol. The van der Waals surface area contributed by atoms with E-state index in [-0.39, 0.29) is 0 Å². The second kappa shape index (κ2) is 5.01. The van der Waals surface area contributed by atoms with Crippen molar-refractivity contribution in [1.82, 2.24) is 0 Å². The zero-order valence-corrected chi connectivity index (χ0v) is 15.2. The van der Waals surface area contributed by atoms with Crippen LogP contribution in [0.5, 0.6) is 5.75 Å². The maximum Gasteiger partial charge on any atom is 0.115 e. The molecule has 2 fully saturated rings. The van der Waals surface area contributed by atoms with Crippen LogP contribution in [0.25, 0.3) is 0 Å². The van der Waals surface area contributed by atoms with Crippen molar-refractivity contribution >= 4 is 0 Å². The predicted octanol–water partition coefficient (Wildman–Crippen LogP) is 5.91. The van der Waals surface area contributed by atoms with Crippen LogP contribution in [-0.2, 0) is 6.42 Å². The van der Waals surface area contributed by atoms with Crippen molar-refractivity contribution in [3.63, 3.8) is 0 Å². The standard InChI is InChI=1S/C22H32O/c1-14(2)21(3)12-10-20-19-7-5-15-13-16(23)6-8-17(15)18(19)9-11-22(20,21)4/h6,8,13-14,18-20,23H,5,7,9-12H2,1-4H3/t18-,19-,20+,21-,22+/m1/s1. The van der Waals surface area contributed by atoms with Gasteiger partial charge in [0.15, 0.2) is 0 Å². The second-order valence-electron chi connectivity index (χ2n) is 9.37. The molecule has 0 aliphatic heterocycles. The first-order valence-corrected chi connectivity index (χ1v) is 9.68. The van der Waals surface area contributed by atoms with Crippen molar-refractivity contribution in [2.45, 2.75) is 72.1 Å². The third-order valence-electron chi connectivity index (χ3n) is 8.65. The van der Waals surface area contributed by atoms with Crippen LogP contribution >= 0.6 is 0 Å². The summed E-state index contributed by atoms with van der Waals surface area (Å²) >= 11 is 0. The highest BCUT2D eigenvalue weighted by Gasteiger charge is 2.60. The fourth-order valence-corrected chi connectivity index (χ4v) is 6.82. The predicted molar refractivity (Wildman–Crippen MR) is 95.7 cm³/mol. The van der Waals surface area contributed by atoms with Crippen LogP contribution in [0, 0.1) is 28.6 Å². The van der Waals surface area contributed by atoms with Crippen LogP contribution in [0.3, 0.4) is 0 Å². The largest absolute Gasteiger partial charge is 0.508 e. The molecule has 4 rings (SSSR count). The minimum Gasteiger partial charge on any atom is -0.508 e. The normalized spacial score (nSPS) is 42.2. The number of rotatable bonds is 1. The second-order valence-corrected chi connectivity index (χ2v) is 9.37. The lowest BCUT2D eigenvalue weighted by Crippen LogP contribution is -2.47. The third kappa shape index (κ3) is 1.98. The number of benzene rings is 1. The Morgan fingerprint density at radius 2 is 1.87 bits per heavy atom. The molecule has 5 atom stereocenters. The van der Waals surface area contributed by atoms with Crippen molar-refractivity contribution < 1.29 is 5.11 Å². The molecule has 1 aromatic rings. The van der Waals surface area contributed by atoms with Gasteiger partial charge in [0, 0.05) is 0 Å². The van der Waals surface area contributed by atoms with Gasteiger partial charge in [-0.1, -0.05) is 33.8 Å². The fraction of sp³-hybridized carbons (Fsp3) is 0.727. The minimum absolute atomic E-state index is 0.441. The Morgan fingerprint density at radius 1 is 1.09 bits per heavy atom. The van der Waals surface area contributed by atoms with Gasteiger partial charge >= 0.3 is 0 Å². The Labute approximate surface area is 141 Å². The summed E-state index contributed by atoms with van der Waals surface area (Å²) in [5.41, 5.74) is 4.01. The smallest absolute Gasteiger partial charge is 0.115 e. The average molecular weight is 312 g/mol. The van der Waals surface area contributed by atoms with E-state index in [1.165, 1.54) is 37.7 Å². The number of hydrogen-bond acceptors (Lipinski definition) is 1. The summed E-state index contributed by atoms with van der Waals surface area (Å²) in [4.78, 5) is 0. The lowest BCUT2D eigenvalue weighted by molar-refractivity contribution is -0.0417. The Balaban J connectivity index is 1.70. The van der Waals surface area contributed by atoms with Gasteiger partial charge in [-0.15, -0.1) is 0 Å². The van der Waals surface area contributed by atoms with Gasteiger partial charge in [0.1, 0.15) is 5.75 Å². The molecule has 0 unspecified atom stereocenters. The maximum absolute atomic E-state index is 9.81. The van der Waals surface area contributed by atoms with Crippen LogP contribution in [0.1, 0.15) is 76.8 Å². The zero-order valence-electron chi connectivity index (χ0n) is 15.2. The van der Waals surface area contributed by atoms with Crippen molar-refractivity contribution in [2.75, 3.05) is 0 Å². The molecule has 1 N–H and O–H groups in total. The highest BCUT2D eigenvalue weighted by Crippen LogP contribution is 2.69. The number of aromatic hydroxyl groups is 1. The molecule has 0 radical (unpaired) electrons. The van der Waals surface area contributed by atoms with Crippen molar-refractivity contribution in [1.29, 1.82) is 0 Å². The Kier molecular flexibility index (Phi) is 3.38. The van der Waals surface area contributed by atoms with E-state index in [2.05, 4.69) is 33.8 Å². The van der Waals surface area contributed by atoms with Crippen LogP contribution in [0.2, 0.25) is 0 Å². The van der Waals surface area contributed by atoms with E-state index in [9.17, 15) is 5.11 Å². The molecule has 0 saturated heterocycles. The summed E-state index contributed by atoms with van der Waals surface area (Å²) in [6.45, 7) is 10.1. The number of fused-ring (bicyclic) bond motifs is 5. The van der Waals surface area contributed by atoms with Crippen molar-refractivity contribution in [2.24, 2.45) is 28.6 Å². The lowest BCUT2D eigenvalue weighted by atomic mass is 9.49. The minimum atomic E-state index is 0.441. The van der Waals surface area contributed by atoms with E-state index in [1.54, 1.807) is 5.56 Å². The Bertz CT molecular complexity index is 618. The first-order valence-electron chi connectivity index (χ1n) is 9.68. The molecule has 0 bridgehead atoms. The zero-order chi connectivity index (χ0) is 16.4. The molecule has 3 aliphatic carbocycles. The molecule has 0 spiro atoms. The molecule has 0 heterocycles. The summed E-state index contributed by atoms with van der Waals surface area (Å²) in [6, 6.07) is 6.15. The molecular formula is C22H32O. The SMILES string of the molecule is CC(C)[C@@]1(C)CC[C@H]2[C@@H]3CCc4cc(O)ccc4[C@H]3CC[C@@]21C. The van der Waals surface area contributed by atoms with Gasteiger partial charge in [-0.3, -0.25) is 0 Å². The first-order chi connectivity index (χ1) is 10.9. The van der Waals surface area contributed by atoms with Gasteiger partial charge in [-0.2, -0.15) is 0 Å². The molecule has 1 aromatic carbocycles. The van der Waals surface area contributed by atoms with Gasteiger partial charge < -0.3 is 5.11 Å². The highest BCUT2D eigenvalue weighted by molar-refractivity contribution is 5.40. The summed E-state index contributed by atoms with van der Waals surface area (Å²) in [7, 11) is 0. The van der Waals surface area contributed by atoms with Crippen LogP contribution in [-0.4, -0.2) is 5.11 Å². The molecule has 0 aromatic heterocycles. The van der Waals surface area contributed by atoms with Gasteiger partial charge in [0.05, 0.1) is 0 Å². The quantitative estimate of drug-likeness (QED) is 0.683. The number of phenolic OH excluding ortho intramolecular Hbond substituents is 1. The van der Waals surface area contributed by atoms with E-state index >= 15 is 0 Å². The Hall–Kier alpha value is -0.980. The number of phenols is 1. The summed E-state index contributed by atoms with van der Waals surface area (Å²) in [5.74, 6) is 3.73. The molecule has 0 amide bonds. The average Bonchev–Trinajstić information content (AvgIpc) is 2.80. The van der Waals surface area contributed by atoms with Crippen LogP contribution < -0.4 is 0 Å². The Morgan fingerprint density at radius 3 is 2.61 bits per heavy atom. The van der Waals surface area contributed by atoms with E-state index < -0.39 is 0 Å². The summed E-state index contributed by atoms with van der Waals surface area (Å²) in [5, 5.41) is 9.81. The topological polar surface area (TPSA) is 20.2 Å². The number of aryl methyl sites for hydroxylation is 1. The molecule has 1 nitrogen and oxygen atoms in total. The highest BCUT2D eigenvalue weighted by atomic mass is 16.3. The van der Waals surface area contributed by atoms with Gasteiger partial charge in [0.2, 0.25) is 0 Å². The van der Waals surface area contributed by atoms with Crippen molar-refractivity contribution in [3.8, 4) is 5.75 Å². The van der Waals surface area contributed by atoms with Crippen LogP contribution in [0.4, 0.5) is 0 Å². The molecule has 23 heavy (non-hydrogen) atoms. The lowest BCUT2D eigenvalue weighted by Gasteiger charge is -2.55. The van der Waals surface area contributed by atoms with Crippen molar-refractivity contribution in [3.05, 3.63) is 29.3 Å². The summed E-state index contributed by atoms with van der Waals surface area (Å²) < 4.78 is 0. The first kappa shape index (κ1) is 15.5. The van der Waals surface area contributed by atoms with E-state index in [0.29, 0.717) is 16.6 Å². The van der Waals surface area contributed by atoms with Crippen LogP contribution in [0.15, 0.2) is 18.2 Å². The molecule has 126 valence electrons. The fourth-order valence-electron chi connectivity index (χ4n) is 6.82. The van der Waals surface area contributed by atoms with E-state index in [4.69, 9.17) is 0 Å². The van der Waals surface area contributed by atoms with Gasteiger partial charge in [0.25, 0.3) is 0 Å². The van der Waals surface area contributed by atoms with E-state index in [1.807, 2.05) is 12.1 Å². The maximum atomic E-state index is 9.81. The number of hydrogen-bond donors (Lipinski definition) is 1. The van der Waals surface area contributed by atoms with Gasteiger partial charge in [-0.05, 0) is 96.3 Å². The summed E-state index contributed by atoms with van der Waals surface area (Å²) in [6.07, 6.45) is 8.06. The molecule has 3 aliphatic rings. The van der Waals surface area contributed by atoms with Gasteiger partial charge in [-0.25, -0.2) is 0 Å².